The van der Waals surface area contributed by atoms with E-state index in [4.69, 9.17) is 0 Å². The first-order chi connectivity index (χ1) is 14.1. The van der Waals surface area contributed by atoms with Crippen LogP contribution in [0.15, 0.2) is 48.9 Å². The third-order valence-electron chi connectivity index (χ3n) is 5.68. The van der Waals surface area contributed by atoms with Crippen molar-refractivity contribution < 1.29 is 4.79 Å². The molecule has 0 bridgehead atoms. The van der Waals surface area contributed by atoms with Crippen molar-refractivity contribution in [3.8, 4) is 0 Å². The van der Waals surface area contributed by atoms with Crippen molar-refractivity contribution >= 4 is 16.8 Å². The number of fused-ring (bicyclic) bond motifs is 1. The highest BCUT2D eigenvalue weighted by molar-refractivity contribution is 5.97. The Kier molecular flexibility index (Phi) is 5.90. The van der Waals surface area contributed by atoms with Crippen LogP contribution in [-0.2, 0) is 6.54 Å². The van der Waals surface area contributed by atoms with E-state index in [0.717, 1.165) is 62.2 Å². The first-order valence-electron chi connectivity index (χ1n) is 10.4. The van der Waals surface area contributed by atoms with Crippen LogP contribution < -0.4 is 0 Å². The Bertz CT molecular complexity index is 980. The van der Waals surface area contributed by atoms with Crippen molar-refractivity contribution in [2.45, 2.75) is 31.7 Å². The van der Waals surface area contributed by atoms with Crippen LogP contribution in [0.3, 0.4) is 0 Å². The van der Waals surface area contributed by atoms with E-state index < -0.39 is 0 Å². The zero-order valence-electron chi connectivity index (χ0n) is 17.3. The third kappa shape index (κ3) is 4.48. The maximum atomic E-state index is 13.2. The van der Waals surface area contributed by atoms with Gasteiger partial charge in [0.1, 0.15) is 5.82 Å². The Labute approximate surface area is 172 Å². The van der Waals surface area contributed by atoms with Gasteiger partial charge in [-0.15, -0.1) is 0 Å². The summed E-state index contributed by atoms with van der Waals surface area (Å²) in [4.78, 5) is 26.4. The number of carbonyl (C=O) groups excluding carboxylic acids is 1. The molecule has 2 aromatic heterocycles. The number of pyridine rings is 1. The summed E-state index contributed by atoms with van der Waals surface area (Å²) in [6.07, 6.45) is 8.90. The monoisotopic (exact) mass is 391 g/mol. The van der Waals surface area contributed by atoms with Crippen LogP contribution in [0.4, 0.5) is 0 Å². The minimum atomic E-state index is 0.0907. The second-order valence-electron chi connectivity index (χ2n) is 8.14. The molecule has 3 aromatic rings. The molecule has 0 saturated carbocycles. The van der Waals surface area contributed by atoms with Gasteiger partial charge in [0, 0.05) is 55.1 Å². The molecule has 6 nitrogen and oxygen atoms in total. The molecule has 152 valence electrons. The Morgan fingerprint density at radius 3 is 2.97 bits per heavy atom. The summed E-state index contributed by atoms with van der Waals surface area (Å²) in [6, 6.07) is 9.74. The molecule has 4 rings (SSSR count). The molecular formula is C23H29N5O. The quantitative estimate of drug-likeness (QED) is 0.646. The highest BCUT2D eigenvalue weighted by atomic mass is 16.2. The van der Waals surface area contributed by atoms with Gasteiger partial charge >= 0.3 is 0 Å². The highest BCUT2D eigenvalue weighted by Gasteiger charge is 2.28. The fourth-order valence-electron chi connectivity index (χ4n) is 4.18. The Balaban J connectivity index is 1.47. The van der Waals surface area contributed by atoms with Gasteiger partial charge in [0.25, 0.3) is 5.91 Å². The van der Waals surface area contributed by atoms with Crippen LogP contribution in [-0.4, -0.2) is 64.0 Å². The number of hydrogen-bond donors (Lipinski definition) is 0. The lowest BCUT2D eigenvalue weighted by Gasteiger charge is -2.33. The number of carbonyl (C=O) groups is 1. The number of amides is 1. The van der Waals surface area contributed by atoms with Crippen molar-refractivity contribution in [3.63, 3.8) is 0 Å². The number of hydrogen-bond acceptors (Lipinski definition) is 4. The van der Waals surface area contributed by atoms with Crippen LogP contribution in [0.2, 0.25) is 0 Å². The first kappa shape index (κ1) is 19.6. The minimum absolute atomic E-state index is 0.0907. The second-order valence-corrected chi connectivity index (χ2v) is 8.14. The van der Waals surface area contributed by atoms with Crippen molar-refractivity contribution in [3.05, 3.63) is 60.3 Å². The summed E-state index contributed by atoms with van der Waals surface area (Å²) >= 11 is 0. The summed E-state index contributed by atoms with van der Waals surface area (Å²) in [5.41, 5.74) is 1.58. The maximum absolute atomic E-state index is 13.2. The van der Waals surface area contributed by atoms with Crippen molar-refractivity contribution in [1.29, 1.82) is 0 Å². The molecule has 1 amide bonds. The van der Waals surface area contributed by atoms with Gasteiger partial charge in [-0.1, -0.05) is 12.1 Å². The topological polar surface area (TPSA) is 54.3 Å². The van der Waals surface area contributed by atoms with E-state index in [9.17, 15) is 4.79 Å². The van der Waals surface area contributed by atoms with Gasteiger partial charge in [0.05, 0.1) is 5.52 Å². The van der Waals surface area contributed by atoms with Gasteiger partial charge in [-0.25, -0.2) is 4.98 Å². The van der Waals surface area contributed by atoms with Crippen molar-refractivity contribution in [2.75, 3.05) is 33.7 Å². The number of benzene rings is 1. The lowest BCUT2D eigenvalue weighted by molar-refractivity contribution is 0.0703. The van der Waals surface area contributed by atoms with Crippen molar-refractivity contribution in [2.24, 2.45) is 0 Å². The number of aryl methyl sites for hydroxylation is 1. The smallest absolute Gasteiger partial charge is 0.253 e. The molecule has 1 fully saturated rings. The summed E-state index contributed by atoms with van der Waals surface area (Å²) in [7, 11) is 4.20. The van der Waals surface area contributed by atoms with E-state index in [2.05, 4.69) is 39.7 Å². The van der Waals surface area contributed by atoms with Gasteiger partial charge in [-0.2, -0.15) is 0 Å². The fourth-order valence-corrected chi connectivity index (χ4v) is 4.18. The summed E-state index contributed by atoms with van der Waals surface area (Å²) in [6.45, 7) is 3.55. The maximum Gasteiger partial charge on any atom is 0.253 e. The van der Waals surface area contributed by atoms with E-state index >= 15 is 0 Å². The summed E-state index contributed by atoms with van der Waals surface area (Å²) < 4.78 is 2.27. The van der Waals surface area contributed by atoms with Gasteiger partial charge < -0.3 is 14.4 Å². The molecule has 1 aromatic carbocycles. The minimum Gasteiger partial charge on any atom is -0.338 e. The molecule has 1 atom stereocenters. The largest absolute Gasteiger partial charge is 0.338 e. The molecule has 0 spiro atoms. The van der Waals surface area contributed by atoms with Gasteiger partial charge in [-0.05, 0) is 58.1 Å². The molecule has 1 saturated heterocycles. The molecule has 29 heavy (non-hydrogen) atoms. The standard InChI is InChI=1S/C23H29N5O/c1-26(2)12-5-14-27-15-11-25-22(27)20-7-4-13-28(17-20)23(29)19-9-8-18-6-3-10-24-21(18)16-19/h3,6,8-11,15-16,20H,4-5,7,12-14,17H2,1-2H3. The molecule has 0 radical (unpaired) electrons. The molecule has 3 heterocycles. The SMILES string of the molecule is CN(C)CCCn1ccnc1C1CCCN(C(=O)c2ccc3cccnc3c2)C1. The third-order valence-corrected chi connectivity index (χ3v) is 5.68. The Morgan fingerprint density at radius 2 is 2.10 bits per heavy atom. The van der Waals surface area contributed by atoms with E-state index in [1.54, 1.807) is 6.20 Å². The van der Waals surface area contributed by atoms with Gasteiger partial charge in [-0.3, -0.25) is 9.78 Å². The van der Waals surface area contributed by atoms with Crippen LogP contribution >= 0.6 is 0 Å². The summed E-state index contributed by atoms with van der Waals surface area (Å²) in [5.74, 6) is 1.50. The molecule has 0 N–H and O–H groups in total. The normalized spacial score (nSPS) is 17.2. The first-order valence-corrected chi connectivity index (χ1v) is 10.4. The number of imidazole rings is 1. The number of aromatic nitrogens is 3. The lowest BCUT2D eigenvalue weighted by atomic mass is 9.96. The number of likely N-dealkylation sites (tertiary alicyclic amines) is 1. The van der Waals surface area contributed by atoms with Crippen LogP contribution in [0.25, 0.3) is 10.9 Å². The lowest BCUT2D eigenvalue weighted by Crippen LogP contribution is -2.39. The van der Waals surface area contributed by atoms with Crippen LogP contribution in [0.5, 0.6) is 0 Å². The second kappa shape index (κ2) is 8.74. The zero-order chi connectivity index (χ0) is 20.2. The number of rotatable bonds is 6. The highest BCUT2D eigenvalue weighted by Crippen LogP contribution is 2.27. The summed E-state index contributed by atoms with van der Waals surface area (Å²) in [5, 5.41) is 1.06. The molecule has 1 aliphatic heterocycles. The van der Waals surface area contributed by atoms with E-state index in [0.29, 0.717) is 11.5 Å². The zero-order valence-corrected chi connectivity index (χ0v) is 17.3. The van der Waals surface area contributed by atoms with E-state index in [1.807, 2.05) is 41.4 Å². The molecule has 1 aliphatic rings. The molecular weight excluding hydrogens is 362 g/mol. The van der Waals surface area contributed by atoms with E-state index in [1.165, 1.54) is 0 Å². The molecule has 0 aliphatic carbocycles. The number of nitrogens with zero attached hydrogens (tertiary/aromatic N) is 5. The Morgan fingerprint density at radius 1 is 1.21 bits per heavy atom. The van der Waals surface area contributed by atoms with Gasteiger partial charge in [0.15, 0.2) is 0 Å². The predicted molar refractivity (Wildman–Crippen MR) is 115 cm³/mol. The van der Waals surface area contributed by atoms with Gasteiger partial charge in [0.2, 0.25) is 0 Å². The average molecular weight is 392 g/mol. The molecule has 1 unspecified atom stereocenters. The predicted octanol–water partition coefficient (Wildman–Crippen LogP) is 3.40. The van der Waals surface area contributed by atoms with Crippen LogP contribution in [0, 0.1) is 0 Å². The fraction of sp³-hybridized carbons (Fsp3) is 0.435. The number of piperidine rings is 1. The molecule has 6 heteroatoms. The Hall–Kier alpha value is -2.73. The van der Waals surface area contributed by atoms with Crippen molar-refractivity contribution in [1.82, 2.24) is 24.3 Å². The average Bonchev–Trinajstić information content (AvgIpc) is 3.21. The van der Waals surface area contributed by atoms with Crippen LogP contribution in [0.1, 0.15) is 41.4 Å². The van der Waals surface area contributed by atoms with E-state index in [-0.39, 0.29) is 5.91 Å².